The molecule has 0 aromatic heterocycles. The molecule has 0 heterocycles. The van der Waals surface area contributed by atoms with Crippen molar-refractivity contribution in [1.82, 2.24) is 5.32 Å². The van der Waals surface area contributed by atoms with E-state index in [-0.39, 0.29) is 0 Å². The third-order valence-corrected chi connectivity index (χ3v) is 3.06. The molecule has 0 bridgehead atoms. The average Bonchev–Trinajstić information content (AvgIpc) is 1.98. The molecule has 0 rings (SSSR count). The molecule has 0 saturated heterocycles. The summed E-state index contributed by atoms with van der Waals surface area (Å²) >= 11 is 2.08. The van der Waals surface area contributed by atoms with Gasteiger partial charge in [-0.3, -0.25) is 0 Å². The van der Waals surface area contributed by atoms with Crippen LogP contribution in [0.25, 0.3) is 0 Å². The normalized spacial score (nSPS) is 13.5. The van der Waals surface area contributed by atoms with Crippen molar-refractivity contribution < 1.29 is 0 Å². The lowest BCUT2D eigenvalue weighted by Gasteiger charge is -2.12. The molecule has 0 fully saturated rings. The molecule has 2 heteroatoms. The van der Waals surface area contributed by atoms with Gasteiger partial charge < -0.3 is 5.32 Å². The molecule has 0 amide bonds. The summed E-state index contributed by atoms with van der Waals surface area (Å²) in [6, 6.07) is 0. The van der Waals surface area contributed by atoms with Gasteiger partial charge >= 0.3 is 0 Å². The second-order valence-electron chi connectivity index (χ2n) is 2.46. The molecular weight excluding hydrogens is 142 g/mol. The predicted molar refractivity (Wildman–Crippen MR) is 50.8 cm³/mol. The Morgan fingerprint density at radius 1 is 1.40 bits per heavy atom. The summed E-state index contributed by atoms with van der Waals surface area (Å²) in [5.41, 5.74) is 0. The average molecular weight is 161 g/mol. The van der Waals surface area contributed by atoms with Crippen LogP contribution in [0.15, 0.2) is 0 Å². The summed E-state index contributed by atoms with van der Waals surface area (Å²) in [6.07, 6.45) is 2.58. The largest absolute Gasteiger partial charge is 0.319 e. The lowest BCUT2D eigenvalue weighted by atomic mass is 10.3. The Morgan fingerprint density at radius 3 is 2.50 bits per heavy atom. The van der Waals surface area contributed by atoms with Crippen LogP contribution in [0.2, 0.25) is 0 Å². The smallest absolute Gasteiger partial charge is 0.0169 e. The highest BCUT2D eigenvalue weighted by molar-refractivity contribution is 7.99. The maximum atomic E-state index is 3.21. The first-order valence-corrected chi connectivity index (χ1v) is 5.16. The molecular formula is C8H19NS. The first-order valence-electron chi connectivity index (χ1n) is 4.11. The topological polar surface area (TPSA) is 12.0 Å². The first-order chi connectivity index (χ1) is 4.85. The standard InChI is InChI=1S/C8H19NS/c1-4-6-10-8(5-2)7-9-3/h8-9H,4-7H2,1-3H3. The van der Waals surface area contributed by atoms with Crippen LogP contribution in [0.5, 0.6) is 0 Å². The molecule has 0 saturated carbocycles. The Kier molecular flexibility index (Phi) is 7.65. The van der Waals surface area contributed by atoms with E-state index in [1.807, 2.05) is 7.05 Å². The molecule has 10 heavy (non-hydrogen) atoms. The Balaban J connectivity index is 3.21. The number of nitrogens with one attached hydrogen (secondary N) is 1. The summed E-state index contributed by atoms with van der Waals surface area (Å²) in [5, 5.41) is 4.03. The molecule has 0 radical (unpaired) electrons. The molecule has 0 aliphatic heterocycles. The van der Waals surface area contributed by atoms with E-state index in [0.717, 1.165) is 11.8 Å². The van der Waals surface area contributed by atoms with Gasteiger partial charge in [-0.15, -0.1) is 0 Å². The van der Waals surface area contributed by atoms with Gasteiger partial charge in [-0.25, -0.2) is 0 Å². The van der Waals surface area contributed by atoms with E-state index in [2.05, 4.69) is 30.9 Å². The van der Waals surface area contributed by atoms with Crippen molar-refractivity contribution in [2.75, 3.05) is 19.3 Å². The molecule has 1 N–H and O–H groups in total. The molecule has 0 aliphatic carbocycles. The monoisotopic (exact) mass is 161 g/mol. The third-order valence-electron chi connectivity index (χ3n) is 1.44. The van der Waals surface area contributed by atoms with Gasteiger partial charge in [-0.1, -0.05) is 13.8 Å². The van der Waals surface area contributed by atoms with Crippen molar-refractivity contribution in [1.29, 1.82) is 0 Å². The fraction of sp³-hybridized carbons (Fsp3) is 1.00. The van der Waals surface area contributed by atoms with Crippen LogP contribution in [0, 0.1) is 0 Å². The van der Waals surface area contributed by atoms with Gasteiger partial charge in [-0.05, 0) is 25.6 Å². The Morgan fingerprint density at radius 2 is 2.10 bits per heavy atom. The lowest BCUT2D eigenvalue weighted by molar-refractivity contribution is 0.725. The molecule has 1 atom stereocenters. The number of hydrogen-bond donors (Lipinski definition) is 1. The van der Waals surface area contributed by atoms with Gasteiger partial charge in [0.05, 0.1) is 0 Å². The maximum Gasteiger partial charge on any atom is 0.0169 e. The summed E-state index contributed by atoms with van der Waals surface area (Å²) in [4.78, 5) is 0. The van der Waals surface area contributed by atoms with Crippen molar-refractivity contribution in [2.45, 2.75) is 31.9 Å². The van der Waals surface area contributed by atoms with Crippen LogP contribution in [0.3, 0.4) is 0 Å². The highest BCUT2D eigenvalue weighted by Gasteiger charge is 2.02. The number of hydrogen-bond acceptors (Lipinski definition) is 2. The van der Waals surface area contributed by atoms with Crippen LogP contribution in [-0.4, -0.2) is 24.6 Å². The van der Waals surface area contributed by atoms with E-state index < -0.39 is 0 Å². The highest BCUT2D eigenvalue weighted by Crippen LogP contribution is 2.13. The number of thioether (sulfide) groups is 1. The van der Waals surface area contributed by atoms with Crippen LogP contribution in [0.1, 0.15) is 26.7 Å². The number of rotatable bonds is 6. The van der Waals surface area contributed by atoms with Gasteiger partial charge in [0, 0.05) is 11.8 Å². The fourth-order valence-electron chi connectivity index (χ4n) is 0.833. The summed E-state index contributed by atoms with van der Waals surface area (Å²) in [6.45, 7) is 5.64. The van der Waals surface area contributed by atoms with Gasteiger partial charge in [0.25, 0.3) is 0 Å². The van der Waals surface area contributed by atoms with Crippen molar-refractivity contribution in [3.63, 3.8) is 0 Å². The predicted octanol–water partition coefficient (Wildman–Crippen LogP) is 2.13. The van der Waals surface area contributed by atoms with E-state index in [4.69, 9.17) is 0 Å². The summed E-state index contributed by atoms with van der Waals surface area (Å²) in [5.74, 6) is 1.31. The molecule has 0 aromatic rings. The zero-order chi connectivity index (χ0) is 7.82. The molecule has 1 unspecified atom stereocenters. The van der Waals surface area contributed by atoms with Gasteiger partial charge in [0.1, 0.15) is 0 Å². The van der Waals surface area contributed by atoms with E-state index in [1.165, 1.54) is 18.6 Å². The minimum absolute atomic E-state index is 0.824. The highest BCUT2D eigenvalue weighted by atomic mass is 32.2. The van der Waals surface area contributed by atoms with Crippen LogP contribution in [0.4, 0.5) is 0 Å². The Hall–Kier alpha value is 0.310. The van der Waals surface area contributed by atoms with E-state index in [1.54, 1.807) is 0 Å². The Labute approximate surface area is 69.0 Å². The van der Waals surface area contributed by atoms with Crippen molar-refractivity contribution in [3.05, 3.63) is 0 Å². The van der Waals surface area contributed by atoms with Gasteiger partial charge in [-0.2, -0.15) is 11.8 Å². The second kappa shape index (κ2) is 7.42. The van der Waals surface area contributed by atoms with E-state index in [9.17, 15) is 0 Å². The minimum atomic E-state index is 0.824. The molecule has 62 valence electrons. The zero-order valence-corrected chi connectivity index (χ0v) is 8.13. The van der Waals surface area contributed by atoms with Gasteiger partial charge in [0.2, 0.25) is 0 Å². The van der Waals surface area contributed by atoms with E-state index >= 15 is 0 Å². The van der Waals surface area contributed by atoms with Crippen molar-refractivity contribution in [2.24, 2.45) is 0 Å². The lowest BCUT2D eigenvalue weighted by Crippen LogP contribution is -2.20. The minimum Gasteiger partial charge on any atom is -0.319 e. The maximum absolute atomic E-state index is 3.21. The van der Waals surface area contributed by atoms with Crippen molar-refractivity contribution in [3.8, 4) is 0 Å². The van der Waals surface area contributed by atoms with Crippen molar-refractivity contribution >= 4 is 11.8 Å². The van der Waals surface area contributed by atoms with E-state index in [0.29, 0.717) is 0 Å². The SMILES string of the molecule is CCCSC(CC)CNC. The van der Waals surface area contributed by atoms with Crippen LogP contribution in [-0.2, 0) is 0 Å². The third kappa shape index (κ3) is 5.12. The Bertz CT molecular complexity index is 66.3. The zero-order valence-electron chi connectivity index (χ0n) is 7.31. The summed E-state index contributed by atoms with van der Waals surface area (Å²) < 4.78 is 0. The van der Waals surface area contributed by atoms with Crippen LogP contribution < -0.4 is 5.32 Å². The first kappa shape index (κ1) is 10.3. The molecule has 0 aliphatic rings. The van der Waals surface area contributed by atoms with Crippen LogP contribution >= 0.6 is 11.8 Å². The molecule has 1 nitrogen and oxygen atoms in total. The molecule has 0 spiro atoms. The fourth-order valence-corrected chi connectivity index (χ4v) is 1.92. The second-order valence-corrected chi connectivity index (χ2v) is 3.87. The van der Waals surface area contributed by atoms with Gasteiger partial charge in [0.15, 0.2) is 0 Å². The molecule has 0 aromatic carbocycles. The summed E-state index contributed by atoms with van der Waals surface area (Å²) in [7, 11) is 2.02. The quantitative estimate of drug-likeness (QED) is 0.640.